The third-order valence-electron chi connectivity index (χ3n) is 2.24. The molecule has 5 heteroatoms. The van der Waals surface area contributed by atoms with Gasteiger partial charge >= 0.3 is 0 Å². The predicted molar refractivity (Wildman–Crippen MR) is 67.0 cm³/mol. The first-order valence-electron chi connectivity index (χ1n) is 5.02. The summed E-state index contributed by atoms with van der Waals surface area (Å²) in [7, 11) is 0. The molecule has 0 saturated heterocycles. The molecule has 0 amide bonds. The van der Waals surface area contributed by atoms with Crippen LogP contribution in [0.5, 0.6) is 5.75 Å². The minimum atomic E-state index is 0.0713. The lowest BCUT2D eigenvalue weighted by Crippen LogP contribution is -2.14. The van der Waals surface area contributed by atoms with Crippen LogP contribution in [0.15, 0.2) is 27.8 Å². The number of rotatable bonds is 4. The molecular formula is C11H15BrN2O2. The molecule has 0 aliphatic rings. The van der Waals surface area contributed by atoms with Gasteiger partial charge in [-0.2, -0.15) is 0 Å². The fraction of sp³-hybridized carbons (Fsp3) is 0.364. The lowest BCUT2D eigenvalue weighted by atomic mass is 10.2. The number of halogens is 1. The molecule has 88 valence electrons. The highest BCUT2D eigenvalue weighted by atomic mass is 79.9. The minimum absolute atomic E-state index is 0.0713. The number of nitrogens with two attached hydrogens (primary N) is 1. The Morgan fingerprint density at radius 3 is 2.81 bits per heavy atom. The van der Waals surface area contributed by atoms with Crippen molar-refractivity contribution >= 4 is 21.8 Å². The van der Waals surface area contributed by atoms with E-state index in [4.69, 9.17) is 15.7 Å². The van der Waals surface area contributed by atoms with E-state index in [0.717, 1.165) is 16.6 Å². The Hall–Kier alpha value is -1.23. The summed E-state index contributed by atoms with van der Waals surface area (Å²) in [6, 6.07) is 5.35. The highest BCUT2D eigenvalue weighted by molar-refractivity contribution is 9.10. The number of nitrogens with zero attached hydrogens (tertiary/aromatic N) is 1. The van der Waals surface area contributed by atoms with E-state index in [-0.39, 0.29) is 11.9 Å². The van der Waals surface area contributed by atoms with Crippen molar-refractivity contribution in [2.24, 2.45) is 10.9 Å². The first-order chi connectivity index (χ1) is 7.58. The molecule has 4 nitrogen and oxygen atoms in total. The lowest BCUT2D eigenvalue weighted by Gasteiger charge is -2.13. The predicted octanol–water partition coefficient (Wildman–Crippen LogP) is 2.72. The van der Waals surface area contributed by atoms with Gasteiger partial charge in [-0.05, 0) is 47.5 Å². The Morgan fingerprint density at radius 2 is 2.31 bits per heavy atom. The van der Waals surface area contributed by atoms with Crippen LogP contribution in [0.2, 0.25) is 0 Å². The lowest BCUT2D eigenvalue weighted by molar-refractivity contribution is 0.217. The summed E-state index contributed by atoms with van der Waals surface area (Å²) in [6.07, 6.45) is 1.11. The van der Waals surface area contributed by atoms with Crippen LogP contribution in [0.25, 0.3) is 0 Å². The van der Waals surface area contributed by atoms with E-state index in [1.165, 1.54) is 0 Å². The van der Waals surface area contributed by atoms with Gasteiger partial charge in [-0.15, -0.1) is 0 Å². The molecule has 0 heterocycles. The van der Waals surface area contributed by atoms with Gasteiger partial charge in [0.15, 0.2) is 5.84 Å². The first-order valence-corrected chi connectivity index (χ1v) is 5.81. The molecule has 0 radical (unpaired) electrons. The molecule has 3 N–H and O–H groups in total. The molecule has 0 saturated carbocycles. The summed E-state index contributed by atoms with van der Waals surface area (Å²) < 4.78 is 6.38. The Bertz CT molecular complexity index is 394. The van der Waals surface area contributed by atoms with E-state index in [1.807, 2.05) is 6.92 Å². The number of ether oxygens (including phenoxy) is 1. The van der Waals surface area contributed by atoms with Crippen molar-refractivity contribution in [2.75, 3.05) is 0 Å². The fourth-order valence-electron chi connectivity index (χ4n) is 1.15. The topological polar surface area (TPSA) is 67.8 Å². The van der Waals surface area contributed by atoms with Gasteiger partial charge in [0.05, 0.1) is 6.10 Å². The molecule has 0 aliphatic heterocycles. The molecule has 1 aromatic rings. The summed E-state index contributed by atoms with van der Waals surface area (Å²) in [5.41, 5.74) is 6.14. The molecule has 0 spiro atoms. The van der Waals surface area contributed by atoms with Crippen molar-refractivity contribution < 1.29 is 9.94 Å². The minimum Gasteiger partial charge on any atom is -0.491 e. The van der Waals surface area contributed by atoms with Gasteiger partial charge in [0.2, 0.25) is 0 Å². The third kappa shape index (κ3) is 3.13. The summed E-state index contributed by atoms with van der Waals surface area (Å²) in [6.45, 7) is 4.07. The molecule has 0 fully saturated rings. The van der Waals surface area contributed by atoms with Crippen LogP contribution in [0.3, 0.4) is 0 Å². The second-order valence-corrected chi connectivity index (χ2v) is 4.32. The van der Waals surface area contributed by atoms with Gasteiger partial charge in [-0.3, -0.25) is 0 Å². The number of hydrogen-bond acceptors (Lipinski definition) is 3. The van der Waals surface area contributed by atoms with Crippen LogP contribution < -0.4 is 10.5 Å². The largest absolute Gasteiger partial charge is 0.491 e. The van der Waals surface area contributed by atoms with Crippen LogP contribution in [0.4, 0.5) is 0 Å². The van der Waals surface area contributed by atoms with Crippen molar-refractivity contribution in [3.05, 3.63) is 28.2 Å². The van der Waals surface area contributed by atoms with Crippen LogP contribution in [-0.2, 0) is 0 Å². The Labute approximate surface area is 103 Å². The van der Waals surface area contributed by atoms with Gasteiger partial charge in [0, 0.05) is 10.0 Å². The molecule has 0 bridgehead atoms. The van der Waals surface area contributed by atoms with Gasteiger partial charge in [-0.25, -0.2) is 0 Å². The fourth-order valence-corrected chi connectivity index (χ4v) is 1.71. The Balaban J connectivity index is 2.91. The Morgan fingerprint density at radius 1 is 1.62 bits per heavy atom. The second-order valence-electron chi connectivity index (χ2n) is 3.46. The zero-order valence-electron chi connectivity index (χ0n) is 9.27. The van der Waals surface area contributed by atoms with Crippen molar-refractivity contribution in [1.82, 2.24) is 0 Å². The van der Waals surface area contributed by atoms with E-state index in [0.29, 0.717) is 5.56 Å². The normalized spacial score (nSPS) is 13.6. The molecule has 1 atom stereocenters. The number of benzene rings is 1. The summed E-state index contributed by atoms with van der Waals surface area (Å²) in [4.78, 5) is 0. The van der Waals surface area contributed by atoms with E-state index < -0.39 is 0 Å². The summed E-state index contributed by atoms with van der Waals surface area (Å²) >= 11 is 3.35. The van der Waals surface area contributed by atoms with Gasteiger partial charge in [-0.1, -0.05) is 12.1 Å². The summed E-state index contributed by atoms with van der Waals surface area (Å²) in [5.74, 6) is 0.831. The third-order valence-corrected chi connectivity index (χ3v) is 2.89. The number of amidine groups is 1. The second kappa shape index (κ2) is 5.75. The Kier molecular flexibility index (Phi) is 4.61. The molecule has 1 unspecified atom stereocenters. The highest BCUT2D eigenvalue weighted by Gasteiger charge is 2.08. The smallest absolute Gasteiger partial charge is 0.171 e. The van der Waals surface area contributed by atoms with Crippen LogP contribution >= 0.6 is 15.9 Å². The van der Waals surface area contributed by atoms with E-state index >= 15 is 0 Å². The molecule has 1 aromatic carbocycles. The maximum atomic E-state index is 8.58. The van der Waals surface area contributed by atoms with Crippen LogP contribution in [-0.4, -0.2) is 17.1 Å². The quantitative estimate of drug-likeness (QED) is 0.387. The van der Waals surface area contributed by atoms with Gasteiger partial charge in [0.25, 0.3) is 0 Å². The van der Waals surface area contributed by atoms with E-state index in [9.17, 15) is 0 Å². The van der Waals surface area contributed by atoms with Gasteiger partial charge in [0.1, 0.15) is 5.75 Å². The number of hydrogen-bond donors (Lipinski definition) is 2. The van der Waals surface area contributed by atoms with Crippen LogP contribution in [0, 0.1) is 0 Å². The molecular weight excluding hydrogens is 272 g/mol. The maximum absolute atomic E-state index is 8.58. The maximum Gasteiger partial charge on any atom is 0.171 e. The van der Waals surface area contributed by atoms with Crippen LogP contribution in [0.1, 0.15) is 25.8 Å². The summed E-state index contributed by atoms with van der Waals surface area (Å²) in [5, 5.41) is 11.5. The zero-order valence-corrected chi connectivity index (χ0v) is 10.9. The van der Waals surface area contributed by atoms with Gasteiger partial charge < -0.3 is 15.7 Å². The monoisotopic (exact) mass is 286 g/mol. The molecule has 1 rings (SSSR count). The van der Waals surface area contributed by atoms with Crippen molar-refractivity contribution in [3.8, 4) is 5.75 Å². The average molecular weight is 287 g/mol. The average Bonchev–Trinajstić information content (AvgIpc) is 2.28. The van der Waals surface area contributed by atoms with Crippen molar-refractivity contribution in [1.29, 1.82) is 0 Å². The molecule has 0 aromatic heterocycles. The zero-order chi connectivity index (χ0) is 12.1. The highest BCUT2D eigenvalue weighted by Crippen LogP contribution is 2.24. The number of oxime groups is 1. The van der Waals surface area contributed by atoms with Crippen molar-refractivity contribution in [2.45, 2.75) is 26.4 Å². The SMILES string of the molecule is CCC(C)Oc1ccc(/C(N)=N/O)c(Br)c1. The van der Waals surface area contributed by atoms with E-state index in [1.54, 1.807) is 18.2 Å². The molecule has 0 aliphatic carbocycles. The standard InChI is InChI=1S/C11H15BrN2O2/c1-3-7(2)16-8-4-5-9(10(12)6-8)11(13)14-15/h4-7,15H,3H2,1-2H3,(H2,13,14). The molecule has 16 heavy (non-hydrogen) atoms. The first kappa shape index (κ1) is 12.8. The van der Waals surface area contributed by atoms with Crippen molar-refractivity contribution in [3.63, 3.8) is 0 Å². The van der Waals surface area contributed by atoms with E-state index in [2.05, 4.69) is 28.0 Å².